The third-order valence-electron chi connectivity index (χ3n) is 4.43. The smallest absolute Gasteiger partial charge is 0.307 e. The quantitative estimate of drug-likeness (QED) is 0.136. The van der Waals surface area contributed by atoms with Crippen LogP contribution >= 0.6 is 54.5 Å². The normalized spacial score (nSPS) is 11.2. The number of amides is 1. The number of benzene rings is 3. The van der Waals surface area contributed by atoms with Crippen molar-refractivity contribution in [3.63, 3.8) is 0 Å². The van der Waals surface area contributed by atoms with Crippen LogP contribution in [0, 0.1) is 9.39 Å². The predicted molar refractivity (Wildman–Crippen MR) is 137 cm³/mol. The van der Waals surface area contributed by atoms with Gasteiger partial charge in [-0.1, -0.05) is 34.1 Å². The van der Waals surface area contributed by atoms with Crippen LogP contribution in [-0.2, 0) is 6.61 Å². The Morgan fingerprint density at radius 2 is 1.97 bits per heavy atom. The zero-order valence-corrected chi connectivity index (χ0v) is 21.6. The van der Waals surface area contributed by atoms with E-state index in [1.165, 1.54) is 12.3 Å². The number of hydrazone groups is 1. The Bertz CT molecular complexity index is 1320. The zero-order valence-electron chi connectivity index (χ0n) is 16.2. The van der Waals surface area contributed by atoms with Crippen LogP contribution in [0.3, 0.4) is 0 Å². The highest BCUT2D eigenvalue weighted by Crippen LogP contribution is 2.32. The molecule has 3 aromatic carbocycles. The van der Waals surface area contributed by atoms with E-state index in [1.54, 1.807) is 36.4 Å². The van der Waals surface area contributed by atoms with Crippen molar-refractivity contribution in [1.82, 2.24) is 5.43 Å². The van der Waals surface area contributed by atoms with Crippen LogP contribution in [0.25, 0.3) is 11.0 Å². The van der Waals surface area contributed by atoms with E-state index in [-0.39, 0.29) is 18.2 Å². The standard InChI is InChI=1S/C23H14Br2FIN2O3/c24-16-5-6-20-15(9-16)10-21(32-20)23(30)29-28-11-13-7-17(25)22(19(27)8-13)31-12-14-3-1-2-4-18(14)26/h1-11H,12H2,(H,29,30)/b28-11+. The molecule has 0 aliphatic rings. The summed E-state index contributed by atoms with van der Waals surface area (Å²) in [7, 11) is 0. The van der Waals surface area contributed by atoms with Crippen LogP contribution in [0.2, 0.25) is 0 Å². The number of ether oxygens (including phenoxy) is 1. The number of carbonyl (C=O) groups is 1. The lowest BCUT2D eigenvalue weighted by Crippen LogP contribution is -2.16. The Labute approximate surface area is 213 Å². The van der Waals surface area contributed by atoms with Gasteiger partial charge >= 0.3 is 5.91 Å². The van der Waals surface area contributed by atoms with Crippen LogP contribution in [0.1, 0.15) is 21.7 Å². The van der Waals surface area contributed by atoms with Crippen LogP contribution in [0.15, 0.2) is 79.1 Å². The SMILES string of the molecule is O=C(N/N=C/c1cc(Br)c(OCc2ccccc2F)c(I)c1)c1cc2cc(Br)ccc2o1. The highest BCUT2D eigenvalue weighted by atomic mass is 127. The molecule has 0 aliphatic heterocycles. The summed E-state index contributed by atoms with van der Waals surface area (Å²) in [4.78, 5) is 12.3. The number of nitrogens with zero attached hydrogens (tertiary/aromatic N) is 1. The van der Waals surface area contributed by atoms with Crippen molar-refractivity contribution < 1.29 is 18.3 Å². The topological polar surface area (TPSA) is 63.8 Å². The Morgan fingerprint density at radius 3 is 2.75 bits per heavy atom. The minimum absolute atomic E-state index is 0.110. The number of fused-ring (bicyclic) bond motifs is 1. The number of carbonyl (C=O) groups excluding carboxylic acids is 1. The molecule has 0 aliphatic carbocycles. The molecule has 0 saturated carbocycles. The maximum absolute atomic E-state index is 13.8. The first kappa shape index (κ1) is 22.9. The van der Waals surface area contributed by atoms with Crippen molar-refractivity contribution >= 4 is 77.5 Å². The Kier molecular flexibility index (Phi) is 7.27. The van der Waals surface area contributed by atoms with Gasteiger partial charge in [0.05, 0.1) is 14.3 Å². The van der Waals surface area contributed by atoms with Crippen molar-refractivity contribution in [3.8, 4) is 5.75 Å². The molecular weight excluding hydrogens is 658 g/mol. The lowest BCUT2D eigenvalue weighted by Gasteiger charge is -2.12. The van der Waals surface area contributed by atoms with Gasteiger partial charge < -0.3 is 9.15 Å². The van der Waals surface area contributed by atoms with Crippen molar-refractivity contribution in [1.29, 1.82) is 0 Å². The van der Waals surface area contributed by atoms with E-state index in [0.717, 1.165) is 19.0 Å². The van der Waals surface area contributed by atoms with Crippen molar-refractivity contribution in [2.75, 3.05) is 0 Å². The zero-order chi connectivity index (χ0) is 22.7. The molecule has 0 saturated heterocycles. The second kappa shape index (κ2) is 10.1. The fourth-order valence-corrected chi connectivity index (χ4v) is 5.05. The van der Waals surface area contributed by atoms with Crippen LogP contribution < -0.4 is 10.2 Å². The number of halogens is 4. The monoisotopic (exact) mass is 670 g/mol. The molecule has 162 valence electrons. The number of rotatable bonds is 6. The van der Waals surface area contributed by atoms with E-state index >= 15 is 0 Å². The van der Waals surface area contributed by atoms with Crippen LogP contribution in [0.5, 0.6) is 5.75 Å². The summed E-state index contributed by atoms with van der Waals surface area (Å²) in [5, 5.41) is 4.83. The first-order valence-electron chi connectivity index (χ1n) is 9.28. The van der Waals surface area contributed by atoms with Gasteiger partial charge in [-0.3, -0.25) is 4.79 Å². The van der Waals surface area contributed by atoms with E-state index in [0.29, 0.717) is 21.4 Å². The molecule has 0 radical (unpaired) electrons. The summed E-state index contributed by atoms with van der Waals surface area (Å²) in [5.41, 5.74) is 4.30. The molecule has 5 nitrogen and oxygen atoms in total. The average Bonchev–Trinajstić information content (AvgIpc) is 3.17. The average molecular weight is 672 g/mol. The van der Waals surface area contributed by atoms with Gasteiger partial charge in [-0.15, -0.1) is 0 Å². The van der Waals surface area contributed by atoms with Crippen molar-refractivity contribution in [3.05, 3.63) is 95.9 Å². The number of hydrogen-bond acceptors (Lipinski definition) is 4. The summed E-state index contributed by atoms with van der Waals surface area (Å²) < 4.78 is 27.6. The third kappa shape index (κ3) is 5.38. The molecule has 1 heterocycles. The van der Waals surface area contributed by atoms with Gasteiger partial charge in [-0.05, 0) is 86.5 Å². The summed E-state index contributed by atoms with van der Waals surface area (Å²) in [6.45, 7) is 0.110. The van der Waals surface area contributed by atoms with Crippen molar-refractivity contribution in [2.45, 2.75) is 6.61 Å². The molecule has 1 aromatic heterocycles. The first-order chi connectivity index (χ1) is 15.4. The Morgan fingerprint density at radius 1 is 1.16 bits per heavy atom. The van der Waals surface area contributed by atoms with Gasteiger partial charge in [-0.25, -0.2) is 9.82 Å². The largest absolute Gasteiger partial charge is 0.486 e. The number of hydrogen-bond donors (Lipinski definition) is 1. The molecule has 4 rings (SSSR count). The second-order valence-corrected chi connectivity index (χ2v) is 9.62. The van der Waals surface area contributed by atoms with E-state index in [1.807, 2.05) is 18.2 Å². The minimum Gasteiger partial charge on any atom is -0.486 e. The maximum Gasteiger partial charge on any atom is 0.307 e. The molecule has 0 fully saturated rings. The second-order valence-electron chi connectivity index (χ2n) is 6.69. The summed E-state index contributed by atoms with van der Waals surface area (Å²) in [6, 6.07) is 17.3. The number of furan rings is 1. The van der Waals surface area contributed by atoms with E-state index in [9.17, 15) is 9.18 Å². The fraction of sp³-hybridized carbons (Fsp3) is 0.0435. The molecule has 0 atom stereocenters. The molecule has 0 bridgehead atoms. The van der Waals surface area contributed by atoms with Gasteiger partial charge in [0.15, 0.2) is 5.76 Å². The molecule has 1 amide bonds. The molecule has 0 unspecified atom stereocenters. The van der Waals surface area contributed by atoms with Crippen molar-refractivity contribution in [2.24, 2.45) is 5.10 Å². The van der Waals surface area contributed by atoms with E-state index in [2.05, 4.69) is 65.0 Å². The Hall–Kier alpha value is -2.24. The lowest BCUT2D eigenvalue weighted by molar-refractivity contribution is 0.0929. The Balaban J connectivity index is 1.42. The van der Waals surface area contributed by atoms with Gasteiger partial charge in [-0.2, -0.15) is 5.10 Å². The maximum atomic E-state index is 13.8. The summed E-state index contributed by atoms with van der Waals surface area (Å²) in [6.07, 6.45) is 1.52. The minimum atomic E-state index is -0.452. The summed E-state index contributed by atoms with van der Waals surface area (Å²) in [5.74, 6) is 0.00812. The lowest BCUT2D eigenvalue weighted by atomic mass is 10.2. The van der Waals surface area contributed by atoms with Gasteiger partial charge in [0, 0.05) is 15.4 Å². The van der Waals surface area contributed by atoms with Crippen LogP contribution in [-0.4, -0.2) is 12.1 Å². The molecule has 32 heavy (non-hydrogen) atoms. The van der Waals surface area contributed by atoms with Crippen LogP contribution in [0.4, 0.5) is 4.39 Å². The van der Waals surface area contributed by atoms with E-state index < -0.39 is 5.91 Å². The van der Waals surface area contributed by atoms with E-state index in [4.69, 9.17) is 9.15 Å². The fourth-order valence-electron chi connectivity index (χ4n) is 2.90. The van der Waals surface area contributed by atoms with Gasteiger partial charge in [0.25, 0.3) is 0 Å². The molecule has 4 aromatic rings. The molecule has 0 spiro atoms. The predicted octanol–water partition coefficient (Wildman–Crippen LogP) is 7.04. The molecule has 9 heteroatoms. The first-order valence-corrected chi connectivity index (χ1v) is 11.9. The van der Waals surface area contributed by atoms with Gasteiger partial charge in [0.1, 0.15) is 23.8 Å². The molecule has 1 N–H and O–H groups in total. The summed E-state index contributed by atoms with van der Waals surface area (Å²) >= 11 is 9.00. The number of nitrogens with one attached hydrogen (secondary N) is 1. The highest BCUT2D eigenvalue weighted by molar-refractivity contribution is 14.1. The third-order valence-corrected chi connectivity index (χ3v) is 6.32. The molecular formula is C23H14Br2FIN2O3. The highest BCUT2D eigenvalue weighted by Gasteiger charge is 2.13. The van der Waals surface area contributed by atoms with Gasteiger partial charge in [0.2, 0.25) is 0 Å².